The zero-order valence-electron chi connectivity index (χ0n) is 8.45. The Morgan fingerprint density at radius 3 is 2.86 bits per heavy atom. The summed E-state index contributed by atoms with van der Waals surface area (Å²) in [6.45, 7) is 3.80. The molecule has 0 aliphatic carbocycles. The molecule has 0 spiro atoms. The third kappa shape index (κ3) is 2.45. The molecule has 1 atom stereocenters. The van der Waals surface area contributed by atoms with Crippen LogP contribution in [-0.4, -0.2) is 34.8 Å². The third-order valence-corrected chi connectivity index (χ3v) is 3.38. The lowest BCUT2D eigenvalue weighted by molar-refractivity contribution is 0.0761. The van der Waals surface area contributed by atoms with E-state index in [9.17, 15) is 4.79 Å². The van der Waals surface area contributed by atoms with Crippen molar-refractivity contribution in [1.82, 2.24) is 9.88 Å². The Kier molecular flexibility index (Phi) is 3.89. The number of aromatic nitrogens is 1. The van der Waals surface area contributed by atoms with Gasteiger partial charge in [-0.25, -0.2) is 4.98 Å². The first-order valence-electron chi connectivity index (χ1n) is 4.31. The average Bonchev–Trinajstić information content (AvgIpc) is 2.61. The lowest BCUT2D eigenvalue weighted by Gasteiger charge is -2.21. The molecule has 1 aromatic rings. The highest BCUT2D eigenvalue weighted by Crippen LogP contribution is 2.15. The van der Waals surface area contributed by atoms with Gasteiger partial charge < -0.3 is 4.90 Å². The second-order valence-corrected chi connectivity index (χ2v) is 4.71. The van der Waals surface area contributed by atoms with Crippen LogP contribution in [0.5, 0.6) is 0 Å². The van der Waals surface area contributed by atoms with E-state index in [4.69, 9.17) is 11.6 Å². The molecule has 1 heterocycles. The number of alkyl halides is 1. The molecular formula is C9H13ClN2OS. The Morgan fingerprint density at radius 2 is 2.43 bits per heavy atom. The van der Waals surface area contributed by atoms with E-state index in [0.717, 1.165) is 5.01 Å². The van der Waals surface area contributed by atoms with E-state index in [1.807, 2.05) is 13.8 Å². The van der Waals surface area contributed by atoms with Crippen LogP contribution in [0.25, 0.3) is 0 Å². The van der Waals surface area contributed by atoms with E-state index in [1.165, 1.54) is 11.3 Å². The summed E-state index contributed by atoms with van der Waals surface area (Å²) in [6, 6.07) is 0.0478. The van der Waals surface area contributed by atoms with Gasteiger partial charge in [-0.2, -0.15) is 0 Å². The molecule has 0 saturated heterocycles. The zero-order valence-corrected chi connectivity index (χ0v) is 10.0. The van der Waals surface area contributed by atoms with Crippen LogP contribution in [0.1, 0.15) is 21.6 Å². The molecule has 0 bridgehead atoms. The monoisotopic (exact) mass is 232 g/mol. The molecule has 78 valence electrons. The Balaban J connectivity index is 2.75. The van der Waals surface area contributed by atoms with Crippen LogP contribution in [0.3, 0.4) is 0 Å². The first kappa shape index (κ1) is 11.5. The molecule has 0 radical (unpaired) electrons. The highest BCUT2D eigenvalue weighted by Gasteiger charge is 2.18. The van der Waals surface area contributed by atoms with Crippen LogP contribution in [0, 0.1) is 6.92 Å². The SMILES string of the molecule is Cc1ncc(C(=O)N(C)C(C)CCl)s1. The number of hydrogen-bond acceptors (Lipinski definition) is 3. The van der Waals surface area contributed by atoms with Gasteiger partial charge in [0.05, 0.1) is 11.2 Å². The lowest BCUT2D eigenvalue weighted by Crippen LogP contribution is -2.35. The smallest absolute Gasteiger partial charge is 0.265 e. The van der Waals surface area contributed by atoms with Gasteiger partial charge in [-0.05, 0) is 13.8 Å². The van der Waals surface area contributed by atoms with Crippen molar-refractivity contribution in [1.29, 1.82) is 0 Å². The quantitative estimate of drug-likeness (QED) is 0.749. The average molecular weight is 233 g/mol. The van der Waals surface area contributed by atoms with E-state index in [0.29, 0.717) is 10.8 Å². The number of carbonyl (C=O) groups is 1. The van der Waals surface area contributed by atoms with Crippen molar-refractivity contribution >= 4 is 28.8 Å². The van der Waals surface area contributed by atoms with Crippen LogP contribution in [0.2, 0.25) is 0 Å². The maximum absolute atomic E-state index is 11.8. The van der Waals surface area contributed by atoms with Crippen molar-refractivity contribution in [3.05, 3.63) is 16.1 Å². The fourth-order valence-electron chi connectivity index (χ4n) is 0.938. The summed E-state index contributed by atoms with van der Waals surface area (Å²) in [4.78, 5) is 18.1. The number of nitrogens with zero attached hydrogens (tertiary/aromatic N) is 2. The molecule has 5 heteroatoms. The number of hydrogen-bond donors (Lipinski definition) is 0. The minimum Gasteiger partial charge on any atom is -0.337 e. The second kappa shape index (κ2) is 4.75. The summed E-state index contributed by atoms with van der Waals surface area (Å²) in [7, 11) is 1.75. The van der Waals surface area contributed by atoms with Crippen molar-refractivity contribution in [3.63, 3.8) is 0 Å². The largest absolute Gasteiger partial charge is 0.337 e. The lowest BCUT2D eigenvalue weighted by atomic mass is 10.3. The molecule has 14 heavy (non-hydrogen) atoms. The van der Waals surface area contributed by atoms with Gasteiger partial charge in [0, 0.05) is 19.0 Å². The number of rotatable bonds is 3. The van der Waals surface area contributed by atoms with Crippen molar-refractivity contribution in [2.45, 2.75) is 19.9 Å². The molecule has 3 nitrogen and oxygen atoms in total. The molecular weight excluding hydrogens is 220 g/mol. The fourth-order valence-corrected chi connectivity index (χ4v) is 1.91. The third-order valence-electron chi connectivity index (χ3n) is 2.04. The molecule has 0 N–H and O–H groups in total. The van der Waals surface area contributed by atoms with E-state index in [-0.39, 0.29) is 11.9 Å². The molecule has 0 aliphatic rings. The van der Waals surface area contributed by atoms with E-state index in [2.05, 4.69) is 4.98 Å². The van der Waals surface area contributed by atoms with Crippen LogP contribution < -0.4 is 0 Å². The Morgan fingerprint density at radius 1 is 1.79 bits per heavy atom. The highest BCUT2D eigenvalue weighted by atomic mass is 35.5. The van der Waals surface area contributed by atoms with Crippen molar-refractivity contribution in [2.24, 2.45) is 0 Å². The topological polar surface area (TPSA) is 33.2 Å². The van der Waals surface area contributed by atoms with Gasteiger partial charge in [-0.3, -0.25) is 4.79 Å². The Hall–Kier alpha value is -0.610. The van der Waals surface area contributed by atoms with Crippen molar-refractivity contribution in [3.8, 4) is 0 Å². The van der Waals surface area contributed by atoms with Gasteiger partial charge in [-0.15, -0.1) is 22.9 Å². The van der Waals surface area contributed by atoms with Gasteiger partial charge in [0.25, 0.3) is 5.91 Å². The second-order valence-electron chi connectivity index (χ2n) is 3.16. The minimum absolute atomic E-state index is 0.0104. The zero-order chi connectivity index (χ0) is 10.7. The van der Waals surface area contributed by atoms with Gasteiger partial charge in [0.15, 0.2) is 0 Å². The molecule has 1 unspecified atom stereocenters. The first-order valence-corrected chi connectivity index (χ1v) is 5.67. The Bertz CT molecular complexity index is 326. The van der Waals surface area contributed by atoms with E-state index in [1.54, 1.807) is 18.1 Å². The number of amides is 1. The normalized spacial score (nSPS) is 12.6. The van der Waals surface area contributed by atoms with Crippen molar-refractivity contribution < 1.29 is 4.79 Å². The summed E-state index contributed by atoms with van der Waals surface area (Å²) in [5.74, 6) is 0.434. The summed E-state index contributed by atoms with van der Waals surface area (Å²) in [6.07, 6.45) is 1.61. The predicted molar refractivity (Wildman–Crippen MR) is 59.1 cm³/mol. The molecule has 1 rings (SSSR count). The molecule has 1 amide bonds. The number of thiazole rings is 1. The fraction of sp³-hybridized carbons (Fsp3) is 0.556. The first-order chi connectivity index (χ1) is 6.56. The van der Waals surface area contributed by atoms with Gasteiger partial charge in [0.1, 0.15) is 4.88 Å². The summed E-state index contributed by atoms with van der Waals surface area (Å²) in [5, 5.41) is 0.903. The molecule has 0 aliphatic heterocycles. The summed E-state index contributed by atoms with van der Waals surface area (Å²) >= 11 is 7.08. The maximum Gasteiger partial charge on any atom is 0.265 e. The van der Waals surface area contributed by atoms with Gasteiger partial charge >= 0.3 is 0 Å². The summed E-state index contributed by atoms with van der Waals surface area (Å²) < 4.78 is 0. The highest BCUT2D eigenvalue weighted by molar-refractivity contribution is 7.13. The molecule has 0 saturated carbocycles. The Labute approximate surface area is 92.7 Å². The standard InChI is InChI=1S/C9H13ClN2OS/c1-6(4-10)12(3)9(13)8-5-11-7(2)14-8/h5-6H,4H2,1-3H3. The molecule has 0 fully saturated rings. The predicted octanol–water partition coefficient (Wildman–Crippen LogP) is 2.15. The number of aryl methyl sites for hydroxylation is 1. The maximum atomic E-state index is 11.8. The van der Waals surface area contributed by atoms with E-state index >= 15 is 0 Å². The van der Waals surface area contributed by atoms with Gasteiger partial charge in [-0.1, -0.05) is 0 Å². The van der Waals surface area contributed by atoms with Crippen molar-refractivity contribution in [2.75, 3.05) is 12.9 Å². The van der Waals surface area contributed by atoms with Gasteiger partial charge in [0.2, 0.25) is 0 Å². The van der Waals surface area contributed by atoms with Crippen LogP contribution in [-0.2, 0) is 0 Å². The minimum atomic E-state index is -0.0104. The number of halogens is 1. The summed E-state index contributed by atoms with van der Waals surface area (Å²) in [5.41, 5.74) is 0. The molecule has 0 aromatic carbocycles. The van der Waals surface area contributed by atoms with E-state index < -0.39 is 0 Å². The van der Waals surface area contributed by atoms with Crippen LogP contribution >= 0.6 is 22.9 Å². The number of carbonyl (C=O) groups excluding carboxylic acids is 1. The molecule has 1 aromatic heterocycles. The van der Waals surface area contributed by atoms with Crippen LogP contribution in [0.4, 0.5) is 0 Å². The van der Waals surface area contributed by atoms with Crippen LogP contribution in [0.15, 0.2) is 6.20 Å².